The van der Waals surface area contributed by atoms with Crippen LogP contribution in [0, 0.1) is 6.92 Å². The minimum Gasteiger partial charge on any atom is -0.308 e. The van der Waals surface area contributed by atoms with Gasteiger partial charge >= 0.3 is 0 Å². The zero-order valence-electron chi connectivity index (χ0n) is 9.64. The normalized spacial score (nSPS) is 10.6. The Labute approximate surface area is 95.3 Å². The molecule has 0 aromatic carbocycles. The van der Waals surface area contributed by atoms with Crippen LogP contribution in [0.15, 0.2) is 30.7 Å². The Bertz CT molecular complexity index is 447. The van der Waals surface area contributed by atoms with Gasteiger partial charge in [0.2, 0.25) is 0 Å². The summed E-state index contributed by atoms with van der Waals surface area (Å²) < 4.78 is 1.84. The van der Waals surface area contributed by atoms with Gasteiger partial charge in [-0.1, -0.05) is 6.07 Å². The maximum absolute atomic E-state index is 4.30. The highest BCUT2D eigenvalue weighted by molar-refractivity contribution is 5.15. The molecule has 0 radical (unpaired) electrons. The zero-order valence-corrected chi connectivity index (χ0v) is 9.64. The highest BCUT2D eigenvalue weighted by Crippen LogP contribution is 2.04. The van der Waals surface area contributed by atoms with Crippen molar-refractivity contribution < 1.29 is 0 Å². The number of aromatic nitrogens is 3. The maximum atomic E-state index is 4.30. The Balaban J connectivity index is 1.87. The molecular weight excluding hydrogens is 200 g/mol. The van der Waals surface area contributed by atoms with Gasteiger partial charge in [-0.25, -0.2) is 0 Å². The number of aryl methyl sites for hydroxylation is 2. The fourth-order valence-corrected chi connectivity index (χ4v) is 1.67. The molecule has 2 rings (SSSR count). The molecule has 0 atom stereocenters. The smallest absolute Gasteiger partial charge is 0.0638 e. The molecule has 0 amide bonds. The summed E-state index contributed by atoms with van der Waals surface area (Å²) >= 11 is 0. The largest absolute Gasteiger partial charge is 0.308 e. The van der Waals surface area contributed by atoms with Crippen molar-refractivity contribution in [2.45, 2.75) is 20.0 Å². The molecule has 84 valence electrons. The average Bonchev–Trinajstić information content (AvgIpc) is 2.59. The van der Waals surface area contributed by atoms with Crippen LogP contribution in [0.3, 0.4) is 0 Å². The minimum atomic E-state index is 0.835. The minimum absolute atomic E-state index is 0.835. The van der Waals surface area contributed by atoms with Crippen molar-refractivity contribution in [3.8, 4) is 0 Å². The van der Waals surface area contributed by atoms with Gasteiger partial charge in [-0.15, -0.1) is 0 Å². The molecule has 0 aliphatic carbocycles. The first-order chi connectivity index (χ1) is 7.75. The molecule has 0 fully saturated rings. The van der Waals surface area contributed by atoms with Crippen LogP contribution in [0.1, 0.15) is 16.8 Å². The quantitative estimate of drug-likeness (QED) is 0.840. The summed E-state index contributed by atoms with van der Waals surface area (Å²) in [4.78, 5) is 4.08. The number of nitrogens with one attached hydrogen (secondary N) is 1. The Morgan fingerprint density at radius 2 is 2.25 bits per heavy atom. The van der Waals surface area contributed by atoms with Gasteiger partial charge in [-0.3, -0.25) is 9.67 Å². The SMILES string of the molecule is Cc1nn(C)cc1CNCc1cccnc1. The van der Waals surface area contributed by atoms with Crippen LogP contribution < -0.4 is 5.32 Å². The van der Waals surface area contributed by atoms with Crippen LogP contribution in [0.2, 0.25) is 0 Å². The van der Waals surface area contributed by atoms with Gasteiger partial charge in [0.15, 0.2) is 0 Å². The second-order valence-electron chi connectivity index (χ2n) is 3.88. The second-order valence-corrected chi connectivity index (χ2v) is 3.88. The van der Waals surface area contributed by atoms with Gasteiger partial charge in [0, 0.05) is 44.3 Å². The third kappa shape index (κ3) is 2.67. The molecule has 4 heteroatoms. The van der Waals surface area contributed by atoms with E-state index < -0.39 is 0 Å². The summed E-state index contributed by atoms with van der Waals surface area (Å²) in [6.07, 6.45) is 5.71. The van der Waals surface area contributed by atoms with E-state index in [1.807, 2.05) is 37.1 Å². The lowest BCUT2D eigenvalue weighted by molar-refractivity contribution is 0.688. The van der Waals surface area contributed by atoms with Gasteiger partial charge in [-0.05, 0) is 18.6 Å². The highest BCUT2D eigenvalue weighted by atomic mass is 15.2. The van der Waals surface area contributed by atoms with E-state index in [0.717, 1.165) is 18.8 Å². The molecular formula is C12H16N4. The summed E-state index contributed by atoms with van der Waals surface area (Å²) in [5, 5.41) is 7.68. The van der Waals surface area contributed by atoms with Crippen LogP contribution in [0.4, 0.5) is 0 Å². The van der Waals surface area contributed by atoms with E-state index in [1.165, 1.54) is 11.1 Å². The maximum Gasteiger partial charge on any atom is 0.0638 e. The van der Waals surface area contributed by atoms with Crippen molar-refractivity contribution in [1.29, 1.82) is 0 Å². The Kier molecular flexibility index (Phi) is 3.31. The summed E-state index contributed by atoms with van der Waals surface area (Å²) in [7, 11) is 1.94. The van der Waals surface area contributed by atoms with Crippen LogP contribution in [-0.2, 0) is 20.1 Å². The molecule has 0 saturated carbocycles. The van der Waals surface area contributed by atoms with Crippen molar-refractivity contribution >= 4 is 0 Å². The van der Waals surface area contributed by atoms with E-state index in [-0.39, 0.29) is 0 Å². The highest BCUT2D eigenvalue weighted by Gasteiger charge is 2.01. The molecule has 0 bridgehead atoms. The van der Waals surface area contributed by atoms with Gasteiger partial charge in [-0.2, -0.15) is 5.10 Å². The number of hydrogen-bond acceptors (Lipinski definition) is 3. The Morgan fingerprint density at radius 1 is 1.38 bits per heavy atom. The first-order valence-corrected chi connectivity index (χ1v) is 5.34. The monoisotopic (exact) mass is 216 g/mol. The van der Waals surface area contributed by atoms with Gasteiger partial charge in [0.1, 0.15) is 0 Å². The molecule has 2 aromatic heterocycles. The predicted octanol–water partition coefficient (Wildman–Crippen LogP) is 1.41. The predicted molar refractivity (Wildman–Crippen MR) is 62.7 cm³/mol. The van der Waals surface area contributed by atoms with Gasteiger partial charge in [0.25, 0.3) is 0 Å². The van der Waals surface area contributed by atoms with E-state index in [0.29, 0.717) is 0 Å². The van der Waals surface area contributed by atoms with Crippen molar-refractivity contribution in [1.82, 2.24) is 20.1 Å². The molecule has 0 unspecified atom stereocenters. The molecule has 0 spiro atoms. The Morgan fingerprint density at radius 3 is 2.88 bits per heavy atom. The number of rotatable bonds is 4. The molecule has 4 nitrogen and oxygen atoms in total. The first-order valence-electron chi connectivity index (χ1n) is 5.34. The number of hydrogen-bond donors (Lipinski definition) is 1. The lowest BCUT2D eigenvalue weighted by Gasteiger charge is -2.03. The van der Waals surface area contributed by atoms with E-state index in [1.54, 1.807) is 6.20 Å². The van der Waals surface area contributed by atoms with Crippen LogP contribution in [0.25, 0.3) is 0 Å². The first kappa shape index (κ1) is 10.8. The van der Waals surface area contributed by atoms with Crippen molar-refractivity contribution in [2.75, 3.05) is 0 Å². The molecule has 2 heterocycles. The molecule has 1 N–H and O–H groups in total. The third-order valence-electron chi connectivity index (χ3n) is 2.48. The molecule has 0 aliphatic heterocycles. The lowest BCUT2D eigenvalue weighted by atomic mass is 10.2. The standard InChI is InChI=1S/C12H16N4/c1-10-12(9-16(2)15-10)8-14-7-11-4-3-5-13-6-11/h3-6,9,14H,7-8H2,1-2H3. The van der Waals surface area contributed by atoms with E-state index >= 15 is 0 Å². The Hall–Kier alpha value is -1.68. The third-order valence-corrected chi connectivity index (χ3v) is 2.48. The molecule has 2 aromatic rings. The van der Waals surface area contributed by atoms with Crippen LogP contribution in [0.5, 0.6) is 0 Å². The van der Waals surface area contributed by atoms with Crippen LogP contribution >= 0.6 is 0 Å². The summed E-state index contributed by atoms with van der Waals surface area (Å²) in [5.74, 6) is 0. The fourth-order valence-electron chi connectivity index (χ4n) is 1.67. The van der Waals surface area contributed by atoms with Crippen molar-refractivity contribution in [3.63, 3.8) is 0 Å². The van der Waals surface area contributed by atoms with Gasteiger partial charge < -0.3 is 5.32 Å². The van der Waals surface area contributed by atoms with Crippen molar-refractivity contribution in [2.24, 2.45) is 7.05 Å². The van der Waals surface area contributed by atoms with E-state index in [2.05, 4.69) is 21.5 Å². The summed E-state index contributed by atoms with van der Waals surface area (Å²) in [6, 6.07) is 4.02. The van der Waals surface area contributed by atoms with E-state index in [9.17, 15) is 0 Å². The van der Waals surface area contributed by atoms with Crippen molar-refractivity contribution in [3.05, 3.63) is 47.5 Å². The van der Waals surface area contributed by atoms with Crippen LogP contribution in [-0.4, -0.2) is 14.8 Å². The number of pyridine rings is 1. The second kappa shape index (κ2) is 4.90. The van der Waals surface area contributed by atoms with Gasteiger partial charge in [0.05, 0.1) is 5.69 Å². The zero-order chi connectivity index (χ0) is 11.4. The van der Waals surface area contributed by atoms with E-state index in [4.69, 9.17) is 0 Å². The average molecular weight is 216 g/mol. The summed E-state index contributed by atoms with van der Waals surface area (Å²) in [6.45, 7) is 3.71. The molecule has 0 saturated heterocycles. The topological polar surface area (TPSA) is 42.7 Å². The molecule has 16 heavy (non-hydrogen) atoms. The lowest BCUT2D eigenvalue weighted by Crippen LogP contribution is -2.12. The summed E-state index contributed by atoms with van der Waals surface area (Å²) in [5.41, 5.74) is 3.52. The molecule has 0 aliphatic rings. The number of nitrogens with zero attached hydrogens (tertiary/aromatic N) is 3. The fraction of sp³-hybridized carbons (Fsp3) is 0.333.